The van der Waals surface area contributed by atoms with Gasteiger partial charge in [-0.15, -0.1) is 0 Å². The molecule has 19 heavy (non-hydrogen) atoms. The van der Waals surface area contributed by atoms with Crippen molar-refractivity contribution in [2.75, 3.05) is 20.3 Å². The standard InChI is InChI=1S/C12H13FN2O4/c1-15(9-6-19-5-8(9)12(17)18)11(16)7-2-3-10(13)14-4-7/h2-4,8-9H,5-6H2,1H3,(H,17,18). The van der Waals surface area contributed by atoms with Gasteiger partial charge in [0.25, 0.3) is 5.91 Å². The molecule has 0 bridgehead atoms. The fraction of sp³-hybridized carbons (Fsp3) is 0.417. The van der Waals surface area contributed by atoms with Gasteiger partial charge in [0.1, 0.15) is 5.92 Å². The molecule has 1 saturated heterocycles. The van der Waals surface area contributed by atoms with Crippen molar-refractivity contribution >= 4 is 11.9 Å². The predicted molar refractivity (Wildman–Crippen MR) is 62.0 cm³/mol. The van der Waals surface area contributed by atoms with Crippen molar-refractivity contribution < 1.29 is 23.8 Å². The molecule has 102 valence electrons. The highest BCUT2D eigenvalue weighted by Crippen LogP contribution is 2.20. The predicted octanol–water partition coefficient (Wildman–Crippen LogP) is 0.392. The summed E-state index contributed by atoms with van der Waals surface area (Å²) in [5.74, 6) is -2.83. The number of likely N-dealkylation sites (N-methyl/N-ethyl adjacent to an activating group) is 1. The Morgan fingerprint density at radius 3 is 2.79 bits per heavy atom. The Morgan fingerprint density at radius 2 is 2.21 bits per heavy atom. The maximum absolute atomic E-state index is 12.7. The fourth-order valence-corrected chi connectivity index (χ4v) is 2.02. The second kappa shape index (κ2) is 5.31. The summed E-state index contributed by atoms with van der Waals surface area (Å²) in [4.78, 5) is 27.9. The lowest BCUT2D eigenvalue weighted by atomic mass is 10.0. The van der Waals surface area contributed by atoms with Gasteiger partial charge in [0, 0.05) is 13.2 Å². The van der Waals surface area contributed by atoms with Gasteiger partial charge < -0.3 is 14.7 Å². The molecule has 1 aromatic rings. The number of nitrogens with zero attached hydrogens (tertiary/aromatic N) is 2. The first-order valence-corrected chi connectivity index (χ1v) is 5.70. The lowest BCUT2D eigenvalue weighted by Crippen LogP contribution is -2.44. The van der Waals surface area contributed by atoms with Crippen LogP contribution in [0.5, 0.6) is 0 Å². The van der Waals surface area contributed by atoms with Gasteiger partial charge in [0.05, 0.1) is 24.8 Å². The summed E-state index contributed by atoms with van der Waals surface area (Å²) in [6.45, 7) is 0.257. The number of ether oxygens (including phenoxy) is 1. The van der Waals surface area contributed by atoms with Crippen LogP contribution in [0.15, 0.2) is 18.3 Å². The molecular weight excluding hydrogens is 255 g/mol. The van der Waals surface area contributed by atoms with E-state index in [1.807, 2.05) is 0 Å². The minimum atomic E-state index is -1.00. The number of aromatic nitrogens is 1. The maximum atomic E-state index is 12.7. The normalized spacial score (nSPS) is 22.2. The zero-order valence-corrected chi connectivity index (χ0v) is 10.2. The molecule has 1 aliphatic heterocycles. The third-order valence-electron chi connectivity index (χ3n) is 3.16. The molecule has 1 amide bonds. The number of halogens is 1. The van der Waals surface area contributed by atoms with Crippen molar-refractivity contribution in [2.45, 2.75) is 6.04 Å². The molecule has 1 aliphatic rings. The van der Waals surface area contributed by atoms with E-state index < -0.39 is 29.8 Å². The van der Waals surface area contributed by atoms with Gasteiger partial charge >= 0.3 is 5.97 Å². The summed E-state index contributed by atoms with van der Waals surface area (Å²) in [6.07, 6.45) is 1.12. The Balaban J connectivity index is 2.14. The summed E-state index contributed by atoms with van der Waals surface area (Å²) in [7, 11) is 1.50. The van der Waals surface area contributed by atoms with E-state index in [9.17, 15) is 14.0 Å². The van der Waals surface area contributed by atoms with Crippen LogP contribution in [0.1, 0.15) is 10.4 Å². The average Bonchev–Trinajstić information content (AvgIpc) is 2.87. The van der Waals surface area contributed by atoms with E-state index in [0.29, 0.717) is 0 Å². The Labute approximate surface area is 108 Å². The molecule has 1 fully saturated rings. The van der Waals surface area contributed by atoms with Gasteiger partial charge in [-0.3, -0.25) is 9.59 Å². The number of amides is 1. The lowest BCUT2D eigenvalue weighted by Gasteiger charge is -2.26. The maximum Gasteiger partial charge on any atom is 0.311 e. The Morgan fingerprint density at radius 1 is 1.47 bits per heavy atom. The van der Waals surface area contributed by atoms with Crippen LogP contribution >= 0.6 is 0 Å². The number of carboxylic acid groups (broad SMARTS) is 1. The molecule has 2 rings (SSSR count). The van der Waals surface area contributed by atoms with E-state index in [2.05, 4.69) is 4.98 Å². The summed E-state index contributed by atoms with van der Waals surface area (Å²) in [6, 6.07) is 1.86. The number of rotatable bonds is 3. The second-order valence-corrected chi connectivity index (χ2v) is 4.34. The molecule has 2 unspecified atom stereocenters. The van der Waals surface area contributed by atoms with Crippen LogP contribution in [0.2, 0.25) is 0 Å². The zero-order chi connectivity index (χ0) is 14.0. The van der Waals surface area contributed by atoms with Crippen LogP contribution in [0.25, 0.3) is 0 Å². The fourth-order valence-electron chi connectivity index (χ4n) is 2.02. The highest BCUT2D eigenvalue weighted by molar-refractivity contribution is 5.94. The largest absolute Gasteiger partial charge is 0.481 e. The van der Waals surface area contributed by atoms with Crippen LogP contribution in [-0.2, 0) is 9.53 Å². The van der Waals surface area contributed by atoms with Crippen molar-refractivity contribution in [3.05, 3.63) is 29.8 Å². The average molecular weight is 268 g/mol. The minimum absolute atomic E-state index is 0.0826. The Bertz CT molecular complexity index is 491. The van der Waals surface area contributed by atoms with Crippen molar-refractivity contribution in [3.63, 3.8) is 0 Å². The molecule has 1 N–H and O–H groups in total. The quantitative estimate of drug-likeness (QED) is 0.802. The molecule has 0 aromatic carbocycles. The van der Waals surface area contributed by atoms with Crippen LogP contribution in [0.3, 0.4) is 0 Å². The van der Waals surface area contributed by atoms with Gasteiger partial charge in [-0.2, -0.15) is 4.39 Å². The third-order valence-corrected chi connectivity index (χ3v) is 3.16. The molecule has 7 heteroatoms. The molecule has 2 heterocycles. The van der Waals surface area contributed by atoms with Crippen molar-refractivity contribution in [3.8, 4) is 0 Å². The Hall–Kier alpha value is -2.02. The summed E-state index contributed by atoms with van der Waals surface area (Å²) >= 11 is 0. The van der Waals surface area contributed by atoms with Gasteiger partial charge in [-0.25, -0.2) is 4.98 Å². The first kappa shape index (κ1) is 13.4. The molecule has 0 aliphatic carbocycles. The van der Waals surface area contributed by atoms with Crippen molar-refractivity contribution in [1.82, 2.24) is 9.88 Å². The van der Waals surface area contributed by atoms with E-state index in [-0.39, 0.29) is 18.8 Å². The Kier molecular flexibility index (Phi) is 3.75. The topological polar surface area (TPSA) is 79.7 Å². The summed E-state index contributed by atoms with van der Waals surface area (Å²) in [5.41, 5.74) is 0.208. The number of carboxylic acids is 1. The van der Waals surface area contributed by atoms with Crippen LogP contribution < -0.4 is 0 Å². The summed E-state index contributed by atoms with van der Waals surface area (Å²) in [5, 5.41) is 9.04. The third kappa shape index (κ3) is 2.70. The SMILES string of the molecule is CN(C(=O)c1ccc(F)nc1)C1COCC1C(=O)O. The van der Waals surface area contributed by atoms with Crippen LogP contribution in [0.4, 0.5) is 4.39 Å². The summed E-state index contributed by atoms with van der Waals surface area (Å²) < 4.78 is 17.8. The van der Waals surface area contributed by atoms with Crippen molar-refractivity contribution in [2.24, 2.45) is 5.92 Å². The number of carbonyl (C=O) groups is 2. The number of hydrogen-bond acceptors (Lipinski definition) is 4. The highest BCUT2D eigenvalue weighted by atomic mass is 19.1. The molecule has 2 atom stereocenters. The van der Waals surface area contributed by atoms with E-state index in [1.54, 1.807) is 0 Å². The zero-order valence-electron chi connectivity index (χ0n) is 10.2. The number of aliphatic carboxylic acids is 1. The number of carbonyl (C=O) groups excluding carboxylic acids is 1. The van der Waals surface area contributed by atoms with Crippen LogP contribution in [-0.4, -0.2) is 53.2 Å². The monoisotopic (exact) mass is 268 g/mol. The van der Waals surface area contributed by atoms with Gasteiger partial charge in [-0.05, 0) is 12.1 Å². The van der Waals surface area contributed by atoms with Crippen molar-refractivity contribution in [1.29, 1.82) is 0 Å². The first-order chi connectivity index (χ1) is 9.00. The first-order valence-electron chi connectivity index (χ1n) is 5.70. The number of hydrogen-bond donors (Lipinski definition) is 1. The molecule has 0 radical (unpaired) electrons. The van der Waals surface area contributed by atoms with E-state index in [1.165, 1.54) is 18.0 Å². The van der Waals surface area contributed by atoms with Crippen LogP contribution in [0, 0.1) is 11.9 Å². The highest BCUT2D eigenvalue weighted by Gasteiger charge is 2.38. The van der Waals surface area contributed by atoms with E-state index in [4.69, 9.17) is 9.84 Å². The smallest absolute Gasteiger partial charge is 0.311 e. The second-order valence-electron chi connectivity index (χ2n) is 4.34. The minimum Gasteiger partial charge on any atom is -0.481 e. The van der Waals surface area contributed by atoms with E-state index >= 15 is 0 Å². The van der Waals surface area contributed by atoms with Gasteiger partial charge in [-0.1, -0.05) is 0 Å². The molecule has 0 spiro atoms. The van der Waals surface area contributed by atoms with Gasteiger partial charge in [0.15, 0.2) is 0 Å². The molecule has 0 saturated carbocycles. The van der Waals surface area contributed by atoms with E-state index in [0.717, 1.165) is 12.3 Å². The lowest BCUT2D eigenvalue weighted by molar-refractivity contribution is -0.142. The number of pyridine rings is 1. The molecule has 6 nitrogen and oxygen atoms in total. The molecule has 1 aromatic heterocycles. The van der Waals surface area contributed by atoms with Gasteiger partial charge in [0.2, 0.25) is 5.95 Å². The molecular formula is C12H13FN2O4.